The summed E-state index contributed by atoms with van der Waals surface area (Å²) in [6.45, 7) is 2.89. The molecule has 1 aliphatic rings. The van der Waals surface area contributed by atoms with Gasteiger partial charge < -0.3 is 10.5 Å². The Balaban J connectivity index is 2.02. The molecule has 0 amide bonds. The Morgan fingerprint density at radius 1 is 1.44 bits per heavy atom. The molecule has 0 bridgehead atoms. The van der Waals surface area contributed by atoms with Crippen molar-refractivity contribution < 1.29 is 4.74 Å². The van der Waals surface area contributed by atoms with Gasteiger partial charge in [0.05, 0.1) is 6.61 Å². The van der Waals surface area contributed by atoms with Crippen molar-refractivity contribution in [3.63, 3.8) is 0 Å². The first-order chi connectivity index (χ1) is 7.81. The number of hydrogen-bond donors (Lipinski definition) is 1. The zero-order chi connectivity index (χ0) is 11.4. The van der Waals surface area contributed by atoms with E-state index < -0.39 is 0 Å². The first kappa shape index (κ1) is 11.5. The number of ether oxygens (including phenoxy) is 1. The summed E-state index contributed by atoms with van der Waals surface area (Å²) in [5, 5.41) is 0. The monoisotopic (exact) mass is 219 g/mol. The van der Waals surface area contributed by atoms with Gasteiger partial charge in [-0.2, -0.15) is 0 Å². The Morgan fingerprint density at radius 3 is 2.88 bits per heavy atom. The van der Waals surface area contributed by atoms with Gasteiger partial charge in [0.1, 0.15) is 5.75 Å². The third-order valence-electron chi connectivity index (χ3n) is 3.37. The van der Waals surface area contributed by atoms with E-state index in [0.29, 0.717) is 5.92 Å². The van der Waals surface area contributed by atoms with E-state index in [-0.39, 0.29) is 6.04 Å². The third-order valence-corrected chi connectivity index (χ3v) is 3.37. The third kappa shape index (κ3) is 2.56. The highest BCUT2D eigenvalue weighted by molar-refractivity contribution is 5.31. The number of benzene rings is 1. The summed E-state index contributed by atoms with van der Waals surface area (Å²) in [6, 6.07) is 8.45. The first-order valence-electron chi connectivity index (χ1n) is 6.29. The summed E-state index contributed by atoms with van der Waals surface area (Å²) < 4.78 is 5.62. The van der Waals surface area contributed by atoms with Crippen molar-refractivity contribution in [1.82, 2.24) is 0 Å². The van der Waals surface area contributed by atoms with Gasteiger partial charge >= 0.3 is 0 Å². The van der Waals surface area contributed by atoms with E-state index in [9.17, 15) is 0 Å². The van der Waals surface area contributed by atoms with Crippen LogP contribution < -0.4 is 10.5 Å². The number of nitrogens with two attached hydrogens (primary N) is 1. The largest absolute Gasteiger partial charge is 0.494 e. The summed E-state index contributed by atoms with van der Waals surface area (Å²) in [4.78, 5) is 0. The molecule has 1 aliphatic carbocycles. The minimum absolute atomic E-state index is 0.193. The highest BCUT2D eigenvalue weighted by Crippen LogP contribution is 2.36. The van der Waals surface area contributed by atoms with E-state index in [1.54, 1.807) is 0 Å². The fourth-order valence-corrected chi connectivity index (χ4v) is 2.10. The Hall–Kier alpha value is -1.02. The lowest BCUT2D eigenvalue weighted by Gasteiger charge is -2.31. The van der Waals surface area contributed by atoms with Gasteiger partial charge in [0.2, 0.25) is 0 Å². The van der Waals surface area contributed by atoms with Crippen LogP contribution in [0.5, 0.6) is 5.75 Å². The molecule has 1 atom stereocenters. The van der Waals surface area contributed by atoms with Crippen molar-refractivity contribution in [2.45, 2.75) is 38.6 Å². The van der Waals surface area contributed by atoms with Crippen LogP contribution in [-0.2, 0) is 0 Å². The van der Waals surface area contributed by atoms with Crippen LogP contribution in [0.3, 0.4) is 0 Å². The highest BCUT2D eigenvalue weighted by atomic mass is 16.5. The molecule has 1 aromatic rings. The maximum atomic E-state index is 6.24. The lowest BCUT2D eigenvalue weighted by molar-refractivity contribution is 0.263. The van der Waals surface area contributed by atoms with Crippen LogP contribution in [-0.4, -0.2) is 6.61 Å². The molecule has 0 radical (unpaired) electrons. The summed E-state index contributed by atoms with van der Waals surface area (Å²) in [6.07, 6.45) is 4.94. The lowest BCUT2D eigenvalue weighted by atomic mass is 9.77. The van der Waals surface area contributed by atoms with E-state index in [4.69, 9.17) is 10.5 Å². The standard InChI is InChI=1S/C14H21NO/c1-2-9-16-13-8-4-7-12(10-13)14(15)11-5-3-6-11/h4,7-8,10-11,14H,2-3,5-6,9,15H2,1H3. The van der Waals surface area contributed by atoms with Gasteiger partial charge in [-0.3, -0.25) is 0 Å². The van der Waals surface area contributed by atoms with Gasteiger partial charge in [0.15, 0.2) is 0 Å². The molecule has 0 heterocycles. The molecule has 0 aromatic heterocycles. The molecule has 2 heteroatoms. The first-order valence-corrected chi connectivity index (χ1v) is 6.29. The summed E-state index contributed by atoms with van der Waals surface area (Å²) >= 11 is 0. The van der Waals surface area contributed by atoms with Crippen LogP contribution in [0.4, 0.5) is 0 Å². The van der Waals surface area contributed by atoms with Crippen molar-refractivity contribution in [1.29, 1.82) is 0 Å². The zero-order valence-electron chi connectivity index (χ0n) is 9.99. The minimum Gasteiger partial charge on any atom is -0.494 e. The van der Waals surface area contributed by atoms with Gasteiger partial charge in [-0.15, -0.1) is 0 Å². The lowest BCUT2D eigenvalue weighted by Crippen LogP contribution is -2.26. The Bertz CT molecular complexity index is 333. The van der Waals surface area contributed by atoms with Crippen molar-refractivity contribution in [3.8, 4) is 5.75 Å². The molecule has 2 N–H and O–H groups in total. The van der Waals surface area contributed by atoms with Crippen LogP contribution in [0.1, 0.15) is 44.2 Å². The second kappa shape index (κ2) is 5.35. The molecule has 16 heavy (non-hydrogen) atoms. The van der Waals surface area contributed by atoms with Crippen LogP contribution in [0.2, 0.25) is 0 Å². The highest BCUT2D eigenvalue weighted by Gasteiger charge is 2.25. The van der Waals surface area contributed by atoms with Crippen LogP contribution in [0, 0.1) is 5.92 Å². The molecule has 1 aromatic carbocycles. The van der Waals surface area contributed by atoms with E-state index in [0.717, 1.165) is 18.8 Å². The molecule has 88 valence electrons. The molecule has 1 unspecified atom stereocenters. The Morgan fingerprint density at radius 2 is 2.25 bits per heavy atom. The smallest absolute Gasteiger partial charge is 0.119 e. The molecule has 0 saturated heterocycles. The van der Waals surface area contributed by atoms with Gasteiger partial charge in [-0.25, -0.2) is 0 Å². The van der Waals surface area contributed by atoms with Crippen molar-refractivity contribution >= 4 is 0 Å². The summed E-state index contributed by atoms with van der Waals surface area (Å²) in [5.74, 6) is 1.63. The van der Waals surface area contributed by atoms with Crippen LogP contribution in [0.25, 0.3) is 0 Å². The van der Waals surface area contributed by atoms with E-state index in [2.05, 4.69) is 19.1 Å². The Kier molecular flexibility index (Phi) is 3.83. The molecule has 0 aliphatic heterocycles. The average molecular weight is 219 g/mol. The zero-order valence-corrected chi connectivity index (χ0v) is 9.99. The number of hydrogen-bond acceptors (Lipinski definition) is 2. The maximum absolute atomic E-state index is 6.24. The van der Waals surface area contributed by atoms with Crippen molar-refractivity contribution in [3.05, 3.63) is 29.8 Å². The number of rotatable bonds is 5. The van der Waals surface area contributed by atoms with Crippen molar-refractivity contribution in [2.75, 3.05) is 6.61 Å². The fraction of sp³-hybridized carbons (Fsp3) is 0.571. The molecule has 0 spiro atoms. The Labute approximate surface area is 97.8 Å². The summed E-state index contributed by atoms with van der Waals surface area (Å²) in [7, 11) is 0. The normalized spacial score (nSPS) is 17.9. The van der Waals surface area contributed by atoms with Crippen LogP contribution >= 0.6 is 0 Å². The van der Waals surface area contributed by atoms with Gasteiger partial charge in [-0.1, -0.05) is 25.5 Å². The van der Waals surface area contributed by atoms with Gasteiger partial charge in [0.25, 0.3) is 0 Å². The molecular weight excluding hydrogens is 198 g/mol. The van der Waals surface area contributed by atoms with Crippen LogP contribution in [0.15, 0.2) is 24.3 Å². The minimum atomic E-state index is 0.193. The molecule has 2 rings (SSSR count). The van der Waals surface area contributed by atoms with E-state index in [1.165, 1.54) is 24.8 Å². The van der Waals surface area contributed by atoms with Crippen molar-refractivity contribution in [2.24, 2.45) is 11.7 Å². The predicted octanol–water partition coefficient (Wildman–Crippen LogP) is 3.28. The van der Waals surface area contributed by atoms with Gasteiger partial charge in [-0.05, 0) is 42.9 Å². The molecule has 2 nitrogen and oxygen atoms in total. The molecular formula is C14H21NO. The SMILES string of the molecule is CCCOc1cccc(C(N)C2CCC2)c1. The maximum Gasteiger partial charge on any atom is 0.119 e. The fourth-order valence-electron chi connectivity index (χ4n) is 2.10. The topological polar surface area (TPSA) is 35.2 Å². The van der Waals surface area contributed by atoms with E-state index >= 15 is 0 Å². The second-order valence-corrected chi connectivity index (χ2v) is 4.64. The van der Waals surface area contributed by atoms with E-state index in [1.807, 2.05) is 12.1 Å². The summed E-state index contributed by atoms with van der Waals surface area (Å²) in [5.41, 5.74) is 7.46. The quantitative estimate of drug-likeness (QED) is 0.824. The predicted molar refractivity (Wildman–Crippen MR) is 66.5 cm³/mol. The molecule has 1 saturated carbocycles. The molecule has 1 fully saturated rings. The second-order valence-electron chi connectivity index (χ2n) is 4.64. The van der Waals surface area contributed by atoms with Gasteiger partial charge in [0, 0.05) is 6.04 Å². The average Bonchev–Trinajstić information content (AvgIpc) is 2.24.